The summed E-state index contributed by atoms with van der Waals surface area (Å²) >= 11 is 0. The topological polar surface area (TPSA) is 47.6 Å². The zero-order valence-electron chi connectivity index (χ0n) is 16.0. The van der Waals surface area contributed by atoms with E-state index in [0.29, 0.717) is 12.5 Å². The summed E-state index contributed by atoms with van der Waals surface area (Å²) in [6.45, 7) is 4.55. The highest BCUT2D eigenvalue weighted by Crippen LogP contribution is 2.28. The van der Waals surface area contributed by atoms with E-state index in [1.165, 1.54) is 51.7 Å². The Morgan fingerprint density at radius 1 is 1.08 bits per heavy atom. The van der Waals surface area contributed by atoms with Gasteiger partial charge in [0.05, 0.1) is 0 Å². The van der Waals surface area contributed by atoms with Crippen molar-refractivity contribution < 1.29 is 4.79 Å². The number of nitrogens with zero attached hydrogens (tertiary/aromatic N) is 2. The lowest BCUT2D eigenvalue weighted by Crippen LogP contribution is -2.46. The van der Waals surface area contributed by atoms with Gasteiger partial charge in [-0.3, -0.25) is 4.79 Å². The van der Waals surface area contributed by atoms with E-state index in [2.05, 4.69) is 34.5 Å². The fourth-order valence-corrected chi connectivity index (χ4v) is 4.17. The first kappa shape index (κ1) is 19.7. The van der Waals surface area contributed by atoms with Crippen LogP contribution in [-0.2, 0) is 4.79 Å². The van der Waals surface area contributed by atoms with Gasteiger partial charge in [0.1, 0.15) is 0 Å². The minimum atomic E-state index is 0.203. The SMILES string of the molecule is CNCCC(=O)NC1CCC(N2CCC(CCN(C)C)CC2)CC1. The van der Waals surface area contributed by atoms with Gasteiger partial charge in [0, 0.05) is 25.0 Å². The van der Waals surface area contributed by atoms with Crippen molar-refractivity contribution in [2.24, 2.45) is 5.92 Å². The molecule has 0 bridgehead atoms. The Hall–Kier alpha value is -0.650. The molecule has 1 amide bonds. The number of nitrogens with one attached hydrogen (secondary N) is 2. The lowest BCUT2D eigenvalue weighted by molar-refractivity contribution is -0.122. The summed E-state index contributed by atoms with van der Waals surface area (Å²) in [5.41, 5.74) is 0. The van der Waals surface area contributed by atoms with Gasteiger partial charge in [-0.25, -0.2) is 0 Å². The Balaban J connectivity index is 1.62. The summed E-state index contributed by atoms with van der Waals surface area (Å²) in [5.74, 6) is 1.13. The number of carbonyl (C=O) groups excluding carboxylic acids is 1. The Morgan fingerprint density at radius 3 is 2.33 bits per heavy atom. The zero-order chi connectivity index (χ0) is 17.4. The quantitative estimate of drug-likeness (QED) is 0.707. The van der Waals surface area contributed by atoms with Crippen molar-refractivity contribution in [3.63, 3.8) is 0 Å². The van der Waals surface area contributed by atoms with Crippen molar-refractivity contribution in [1.29, 1.82) is 0 Å². The minimum absolute atomic E-state index is 0.203. The molecule has 0 atom stereocenters. The van der Waals surface area contributed by atoms with Crippen LogP contribution in [0, 0.1) is 5.92 Å². The van der Waals surface area contributed by atoms with Crippen molar-refractivity contribution in [2.45, 2.75) is 63.5 Å². The lowest BCUT2D eigenvalue weighted by atomic mass is 9.87. The van der Waals surface area contributed by atoms with Gasteiger partial charge in [0.25, 0.3) is 0 Å². The summed E-state index contributed by atoms with van der Waals surface area (Å²) in [7, 11) is 6.23. The molecule has 5 nitrogen and oxygen atoms in total. The highest BCUT2D eigenvalue weighted by molar-refractivity contribution is 5.76. The second-order valence-corrected chi connectivity index (χ2v) is 8.00. The molecule has 0 radical (unpaired) electrons. The molecule has 1 aliphatic carbocycles. The van der Waals surface area contributed by atoms with E-state index < -0.39 is 0 Å². The average molecular weight is 339 g/mol. The maximum Gasteiger partial charge on any atom is 0.221 e. The monoisotopic (exact) mass is 338 g/mol. The number of hydrogen-bond donors (Lipinski definition) is 2. The molecule has 1 heterocycles. The van der Waals surface area contributed by atoms with Crippen LogP contribution < -0.4 is 10.6 Å². The van der Waals surface area contributed by atoms with E-state index >= 15 is 0 Å². The van der Waals surface area contributed by atoms with E-state index in [1.807, 2.05) is 7.05 Å². The molecule has 0 unspecified atom stereocenters. The number of likely N-dealkylation sites (tertiary alicyclic amines) is 1. The highest BCUT2D eigenvalue weighted by Gasteiger charge is 2.29. The van der Waals surface area contributed by atoms with Crippen molar-refractivity contribution in [3.8, 4) is 0 Å². The van der Waals surface area contributed by atoms with Crippen LogP contribution in [0.2, 0.25) is 0 Å². The molecule has 1 saturated heterocycles. The summed E-state index contributed by atoms with van der Waals surface area (Å²) < 4.78 is 0. The number of hydrogen-bond acceptors (Lipinski definition) is 4. The molecular formula is C19H38N4O. The van der Waals surface area contributed by atoms with Crippen molar-refractivity contribution >= 4 is 5.91 Å². The van der Waals surface area contributed by atoms with Crippen LogP contribution in [0.25, 0.3) is 0 Å². The predicted molar refractivity (Wildman–Crippen MR) is 100 cm³/mol. The third-order valence-corrected chi connectivity index (χ3v) is 5.81. The molecule has 24 heavy (non-hydrogen) atoms. The van der Waals surface area contributed by atoms with Crippen molar-refractivity contribution in [1.82, 2.24) is 20.4 Å². The maximum absolute atomic E-state index is 11.8. The number of carbonyl (C=O) groups is 1. The van der Waals surface area contributed by atoms with E-state index in [4.69, 9.17) is 0 Å². The Labute approximate surface area is 148 Å². The molecule has 2 aliphatic rings. The van der Waals surface area contributed by atoms with Crippen LogP contribution in [0.4, 0.5) is 0 Å². The van der Waals surface area contributed by atoms with E-state index in [-0.39, 0.29) is 5.91 Å². The van der Waals surface area contributed by atoms with Gasteiger partial charge in [-0.15, -0.1) is 0 Å². The van der Waals surface area contributed by atoms with Gasteiger partial charge in [-0.2, -0.15) is 0 Å². The molecule has 2 fully saturated rings. The molecule has 0 aromatic carbocycles. The highest BCUT2D eigenvalue weighted by atomic mass is 16.1. The molecule has 1 aliphatic heterocycles. The summed E-state index contributed by atoms with van der Waals surface area (Å²) in [5, 5.41) is 6.24. The van der Waals surface area contributed by atoms with Crippen LogP contribution in [0.5, 0.6) is 0 Å². The lowest BCUT2D eigenvalue weighted by Gasteiger charge is -2.41. The molecule has 0 aromatic rings. The molecular weight excluding hydrogens is 300 g/mol. The van der Waals surface area contributed by atoms with Crippen molar-refractivity contribution in [3.05, 3.63) is 0 Å². The molecule has 1 saturated carbocycles. The molecule has 2 N–H and O–H groups in total. The average Bonchev–Trinajstić information content (AvgIpc) is 2.59. The first-order chi connectivity index (χ1) is 11.6. The molecule has 0 spiro atoms. The Kier molecular flexibility index (Phi) is 8.50. The standard InChI is InChI=1S/C19H38N4O/c1-20-12-8-19(24)21-17-4-6-18(7-5-17)23-14-10-16(11-15-23)9-13-22(2)3/h16-18,20H,4-15H2,1-3H3,(H,21,24). The molecule has 140 valence electrons. The van der Waals surface area contributed by atoms with E-state index in [1.54, 1.807) is 0 Å². The normalized spacial score (nSPS) is 26.7. The predicted octanol–water partition coefficient (Wildman–Crippen LogP) is 1.69. The molecule has 0 aromatic heterocycles. The third kappa shape index (κ3) is 6.69. The minimum Gasteiger partial charge on any atom is -0.353 e. The summed E-state index contributed by atoms with van der Waals surface area (Å²) in [6, 6.07) is 1.16. The van der Waals surface area contributed by atoms with Crippen molar-refractivity contribution in [2.75, 3.05) is 47.3 Å². The number of piperidine rings is 1. The van der Waals surface area contributed by atoms with Crippen LogP contribution in [0.15, 0.2) is 0 Å². The first-order valence-corrected chi connectivity index (χ1v) is 9.91. The Bertz CT molecular complexity index is 358. The molecule has 5 heteroatoms. The van der Waals surface area contributed by atoms with Gasteiger partial charge >= 0.3 is 0 Å². The van der Waals surface area contributed by atoms with Crippen LogP contribution in [0.1, 0.15) is 51.4 Å². The third-order valence-electron chi connectivity index (χ3n) is 5.81. The van der Waals surface area contributed by atoms with Crippen LogP contribution in [-0.4, -0.2) is 75.1 Å². The van der Waals surface area contributed by atoms with E-state index in [0.717, 1.165) is 31.3 Å². The van der Waals surface area contributed by atoms with E-state index in [9.17, 15) is 4.79 Å². The van der Waals surface area contributed by atoms with Gasteiger partial charge in [-0.1, -0.05) is 0 Å². The van der Waals surface area contributed by atoms with Gasteiger partial charge in [0.15, 0.2) is 0 Å². The number of rotatable bonds is 8. The summed E-state index contributed by atoms with van der Waals surface area (Å²) in [6.07, 6.45) is 9.48. The second-order valence-electron chi connectivity index (χ2n) is 8.00. The zero-order valence-corrected chi connectivity index (χ0v) is 16.0. The van der Waals surface area contributed by atoms with Gasteiger partial charge < -0.3 is 20.4 Å². The van der Waals surface area contributed by atoms with Gasteiger partial charge in [0.2, 0.25) is 5.91 Å². The van der Waals surface area contributed by atoms with Crippen LogP contribution in [0.3, 0.4) is 0 Å². The largest absolute Gasteiger partial charge is 0.353 e. The Morgan fingerprint density at radius 2 is 1.75 bits per heavy atom. The summed E-state index contributed by atoms with van der Waals surface area (Å²) in [4.78, 5) is 16.9. The second kappa shape index (κ2) is 10.4. The first-order valence-electron chi connectivity index (χ1n) is 9.91. The fourth-order valence-electron chi connectivity index (χ4n) is 4.17. The van der Waals surface area contributed by atoms with Crippen LogP contribution >= 0.6 is 0 Å². The molecule has 2 rings (SSSR count). The maximum atomic E-state index is 11.8. The van der Waals surface area contributed by atoms with Gasteiger partial charge in [-0.05, 0) is 91.6 Å². The fraction of sp³-hybridized carbons (Fsp3) is 0.947. The smallest absolute Gasteiger partial charge is 0.221 e. The number of amides is 1.